The molecule has 2 aromatic rings. The van der Waals surface area contributed by atoms with E-state index in [2.05, 4.69) is 57.2 Å². The van der Waals surface area contributed by atoms with Gasteiger partial charge < -0.3 is 0 Å². The van der Waals surface area contributed by atoms with E-state index in [1.54, 1.807) is 0 Å². The maximum atomic E-state index is 12.0. The number of ketones is 1. The van der Waals surface area contributed by atoms with Crippen LogP contribution in [-0.4, -0.2) is 5.78 Å². The molecular weight excluding hydrogens is 256 g/mol. The van der Waals surface area contributed by atoms with E-state index in [9.17, 15) is 4.79 Å². The zero-order valence-corrected chi connectivity index (χ0v) is 13.2. The SMILES string of the molecule is Cc1ccc(CCc2ccc(C(=O)CC(C)C)cc2)cc1. The van der Waals surface area contributed by atoms with Gasteiger partial charge in [-0.25, -0.2) is 0 Å². The normalized spacial score (nSPS) is 10.9. The predicted molar refractivity (Wildman–Crippen MR) is 88.8 cm³/mol. The Morgan fingerprint density at radius 3 is 1.81 bits per heavy atom. The van der Waals surface area contributed by atoms with E-state index in [0.29, 0.717) is 12.3 Å². The van der Waals surface area contributed by atoms with Crippen LogP contribution in [0, 0.1) is 12.8 Å². The van der Waals surface area contributed by atoms with Gasteiger partial charge in [-0.05, 0) is 36.8 Å². The second-order valence-corrected chi connectivity index (χ2v) is 6.20. The van der Waals surface area contributed by atoms with Crippen molar-refractivity contribution in [3.63, 3.8) is 0 Å². The van der Waals surface area contributed by atoms with Crippen LogP contribution in [0.25, 0.3) is 0 Å². The summed E-state index contributed by atoms with van der Waals surface area (Å²) in [6.45, 7) is 6.26. The van der Waals surface area contributed by atoms with E-state index in [0.717, 1.165) is 18.4 Å². The fraction of sp³-hybridized carbons (Fsp3) is 0.350. The van der Waals surface area contributed by atoms with Gasteiger partial charge in [0.05, 0.1) is 0 Å². The van der Waals surface area contributed by atoms with Crippen LogP contribution in [0.3, 0.4) is 0 Å². The molecule has 110 valence electrons. The van der Waals surface area contributed by atoms with Crippen molar-refractivity contribution in [2.24, 2.45) is 5.92 Å². The van der Waals surface area contributed by atoms with Crippen molar-refractivity contribution in [3.8, 4) is 0 Å². The van der Waals surface area contributed by atoms with E-state index in [1.165, 1.54) is 16.7 Å². The molecule has 0 bridgehead atoms. The fourth-order valence-electron chi connectivity index (χ4n) is 2.39. The van der Waals surface area contributed by atoms with Crippen molar-refractivity contribution >= 4 is 5.78 Å². The highest BCUT2D eigenvalue weighted by Gasteiger charge is 2.07. The third-order valence-corrected chi connectivity index (χ3v) is 3.69. The minimum Gasteiger partial charge on any atom is -0.294 e. The molecule has 0 fully saturated rings. The summed E-state index contributed by atoms with van der Waals surface area (Å²) in [5, 5.41) is 0. The Morgan fingerprint density at radius 1 is 0.857 bits per heavy atom. The molecule has 0 radical (unpaired) electrons. The molecule has 0 saturated carbocycles. The van der Waals surface area contributed by atoms with Gasteiger partial charge in [-0.15, -0.1) is 0 Å². The predicted octanol–water partition coefficient (Wildman–Crippen LogP) is 5.01. The van der Waals surface area contributed by atoms with Crippen LogP contribution in [-0.2, 0) is 12.8 Å². The van der Waals surface area contributed by atoms with Crippen LogP contribution in [0.15, 0.2) is 48.5 Å². The highest BCUT2D eigenvalue weighted by molar-refractivity contribution is 5.96. The summed E-state index contributed by atoms with van der Waals surface area (Å²) in [6.07, 6.45) is 2.68. The molecule has 2 aromatic carbocycles. The van der Waals surface area contributed by atoms with Gasteiger partial charge in [0.25, 0.3) is 0 Å². The Bertz CT molecular complexity index is 576. The van der Waals surface area contributed by atoms with Crippen LogP contribution < -0.4 is 0 Å². The first-order chi connectivity index (χ1) is 10.0. The van der Waals surface area contributed by atoms with Gasteiger partial charge in [-0.1, -0.05) is 67.9 Å². The molecule has 0 aromatic heterocycles. The maximum absolute atomic E-state index is 12.0. The number of Topliss-reactive ketones (excluding diaryl/α,β-unsaturated/α-hetero) is 1. The number of hydrogen-bond donors (Lipinski definition) is 0. The molecule has 1 nitrogen and oxygen atoms in total. The first-order valence-corrected chi connectivity index (χ1v) is 7.72. The van der Waals surface area contributed by atoms with Gasteiger partial charge in [-0.2, -0.15) is 0 Å². The molecule has 0 aliphatic rings. The Labute approximate surface area is 128 Å². The molecular formula is C20H24O. The average Bonchev–Trinajstić information content (AvgIpc) is 2.46. The number of aryl methyl sites for hydroxylation is 3. The van der Waals surface area contributed by atoms with E-state index in [-0.39, 0.29) is 5.78 Å². The lowest BCUT2D eigenvalue weighted by atomic mass is 9.98. The first kappa shape index (κ1) is 15.5. The third kappa shape index (κ3) is 4.86. The highest BCUT2D eigenvalue weighted by Crippen LogP contribution is 2.13. The Hall–Kier alpha value is -1.89. The molecule has 0 unspecified atom stereocenters. The Kier molecular flexibility index (Phi) is 5.32. The Balaban J connectivity index is 1.93. The quantitative estimate of drug-likeness (QED) is 0.680. The molecule has 1 heteroatoms. The van der Waals surface area contributed by atoms with Crippen LogP contribution in [0.2, 0.25) is 0 Å². The lowest BCUT2D eigenvalue weighted by Gasteiger charge is -2.06. The van der Waals surface area contributed by atoms with Crippen LogP contribution in [0.1, 0.15) is 47.3 Å². The number of carbonyl (C=O) groups excluding carboxylic acids is 1. The molecule has 0 atom stereocenters. The van der Waals surface area contributed by atoms with Crippen LogP contribution >= 0.6 is 0 Å². The monoisotopic (exact) mass is 280 g/mol. The second kappa shape index (κ2) is 7.21. The molecule has 0 N–H and O–H groups in total. The average molecular weight is 280 g/mol. The summed E-state index contributed by atoms with van der Waals surface area (Å²) in [5.74, 6) is 0.661. The topological polar surface area (TPSA) is 17.1 Å². The summed E-state index contributed by atoms with van der Waals surface area (Å²) in [6, 6.07) is 16.8. The van der Waals surface area contributed by atoms with Gasteiger partial charge in [0, 0.05) is 12.0 Å². The summed E-state index contributed by atoms with van der Waals surface area (Å²) >= 11 is 0. The molecule has 0 aliphatic carbocycles. The molecule has 0 heterocycles. The lowest BCUT2D eigenvalue weighted by molar-refractivity contribution is 0.0968. The summed E-state index contributed by atoms with van der Waals surface area (Å²) in [4.78, 5) is 12.0. The molecule has 0 spiro atoms. The van der Waals surface area contributed by atoms with E-state index in [4.69, 9.17) is 0 Å². The fourth-order valence-corrected chi connectivity index (χ4v) is 2.39. The zero-order chi connectivity index (χ0) is 15.2. The Morgan fingerprint density at radius 2 is 1.33 bits per heavy atom. The van der Waals surface area contributed by atoms with E-state index in [1.807, 2.05) is 12.1 Å². The summed E-state index contributed by atoms with van der Waals surface area (Å²) < 4.78 is 0. The summed E-state index contributed by atoms with van der Waals surface area (Å²) in [7, 11) is 0. The molecule has 2 rings (SSSR count). The van der Waals surface area contributed by atoms with Crippen molar-refractivity contribution in [1.82, 2.24) is 0 Å². The molecule has 0 amide bonds. The highest BCUT2D eigenvalue weighted by atomic mass is 16.1. The minimum atomic E-state index is 0.245. The largest absolute Gasteiger partial charge is 0.294 e. The lowest BCUT2D eigenvalue weighted by Crippen LogP contribution is -2.03. The van der Waals surface area contributed by atoms with Crippen LogP contribution in [0.4, 0.5) is 0 Å². The van der Waals surface area contributed by atoms with Crippen molar-refractivity contribution in [3.05, 3.63) is 70.8 Å². The van der Waals surface area contributed by atoms with Gasteiger partial charge in [0.15, 0.2) is 5.78 Å². The molecule has 21 heavy (non-hydrogen) atoms. The number of carbonyl (C=O) groups is 1. The zero-order valence-electron chi connectivity index (χ0n) is 13.2. The third-order valence-electron chi connectivity index (χ3n) is 3.69. The molecule has 0 aliphatic heterocycles. The van der Waals surface area contributed by atoms with Crippen molar-refractivity contribution < 1.29 is 4.79 Å². The van der Waals surface area contributed by atoms with Crippen LogP contribution in [0.5, 0.6) is 0 Å². The molecule has 0 saturated heterocycles. The van der Waals surface area contributed by atoms with Gasteiger partial charge >= 0.3 is 0 Å². The first-order valence-electron chi connectivity index (χ1n) is 7.72. The van der Waals surface area contributed by atoms with E-state index < -0.39 is 0 Å². The van der Waals surface area contributed by atoms with Gasteiger partial charge in [0.2, 0.25) is 0 Å². The number of hydrogen-bond acceptors (Lipinski definition) is 1. The van der Waals surface area contributed by atoms with Crippen molar-refractivity contribution in [1.29, 1.82) is 0 Å². The van der Waals surface area contributed by atoms with Gasteiger partial charge in [0.1, 0.15) is 0 Å². The summed E-state index contributed by atoms with van der Waals surface area (Å²) in [5.41, 5.74) is 4.78. The maximum Gasteiger partial charge on any atom is 0.163 e. The van der Waals surface area contributed by atoms with Crippen molar-refractivity contribution in [2.75, 3.05) is 0 Å². The smallest absolute Gasteiger partial charge is 0.163 e. The minimum absolute atomic E-state index is 0.245. The second-order valence-electron chi connectivity index (χ2n) is 6.20. The number of rotatable bonds is 6. The standard InChI is InChI=1S/C20H24O/c1-15(2)14-20(21)19-12-10-18(11-13-19)9-8-17-6-4-16(3)5-7-17/h4-7,10-13,15H,8-9,14H2,1-3H3. The van der Waals surface area contributed by atoms with Gasteiger partial charge in [-0.3, -0.25) is 4.79 Å². The number of benzene rings is 2. The van der Waals surface area contributed by atoms with Crippen molar-refractivity contribution in [2.45, 2.75) is 40.0 Å². The van der Waals surface area contributed by atoms with E-state index >= 15 is 0 Å².